The van der Waals surface area contributed by atoms with Crippen molar-refractivity contribution in [3.05, 3.63) is 11.7 Å². The molecule has 0 spiro atoms. The van der Waals surface area contributed by atoms with Gasteiger partial charge >= 0.3 is 6.18 Å². The fourth-order valence-electron chi connectivity index (χ4n) is 1.44. The second-order valence-corrected chi connectivity index (χ2v) is 5.75. The van der Waals surface area contributed by atoms with E-state index in [9.17, 15) is 13.2 Å². The van der Waals surface area contributed by atoms with E-state index >= 15 is 0 Å². The zero-order chi connectivity index (χ0) is 16.8. The summed E-state index contributed by atoms with van der Waals surface area (Å²) >= 11 is 0. The Bertz CT molecular complexity index is 491. The zero-order valence-corrected chi connectivity index (χ0v) is 13.2. The van der Waals surface area contributed by atoms with Crippen LogP contribution in [0.4, 0.5) is 13.2 Å². The summed E-state index contributed by atoms with van der Waals surface area (Å²) in [5, 5.41) is 9.28. The maximum Gasteiger partial charge on any atom is 0.390 e. The van der Waals surface area contributed by atoms with E-state index in [0.717, 1.165) is 0 Å². The van der Waals surface area contributed by atoms with Crippen LogP contribution in [0.15, 0.2) is 9.52 Å². The van der Waals surface area contributed by atoms with Gasteiger partial charge in [-0.2, -0.15) is 18.2 Å². The van der Waals surface area contributed by atoms with Crippen molar-refractivity contribution in [2.75, 3.05) is 13.1 Å². The number of alkyl halides is 3. The summed E-state index contributed by atoms with van der Waals surface area (Å²) in [5.41, 5.74) is -0.260. The lowest BCUT2D eigenvalue weighted by atomic mass is 9.97. The third-order valence-electron chi connectivity index (χ3n) is 2.53. The van der Waals surface area contributed by atoms with E-state index in [1.807, 2.05) is 27.7 Å². The lowest BCUT2D eigenvalue weighted by molar-refractivity contribution is -0.132. The number of nitrogens with zero attached hydrogens (tertiary/aromatic N) is 3. The van der Waals surface area contributed by atoms with Crippen molar-refractivity contribution in [1.29, 1.82) is 0 Å². The molecule has 1 heterocycles. The maximum absolute atomic E-state index is 12.1. The summed E-state index contributed by atoms with van der Waals surface area (Å²) in [5.74, 6) is 1.17. The van der Waals surface area contributed by atoms with Crippen molar-refractivity contribution in [3.63, 3.8) is 0 Å². The molecule has 1 aromatic rings. The number of guanidine groups is 1. The third-order valence-corrected chi connectivity index (χ3v) is 2.53. The highest BCUT2D eigenvalue weighted by Crippen LogP contribution is 2.20. The van der Waals surface area contributed by atoms with Gasteiger partial charge in [0.25, 0.3) is 0 Å². The van der Waals surface area contributed by atoms with Gasteiger partial charge < -0.3 is 15.2 Å². The van der Waals surface area contributed by atoms with Crippen LogP contribution in [0.2, 0.25) is 0 Å². The summed E-state index contributed by atoms with van der Waals surface area (Å²) < 4.78 is 41.5. The highest BCUT2D eigenvalue weighted by molar-refractivity contribution is 5.79. The fourth-order valence-corrected chi connectivity index (χ4v) is 1.44. The van der Waals surface area contributed by atoms with E-state index in [4.69, 9.17) is 4.52 Å². The van der Waals surface area contributed by atoms with Gasteiger partial charge in [-0.15, -0.1) is 0 Å². The van der Waals surface area contributed by atoms with Crippen molar-refractivity contribution in [2.24, 2.45) is 4.99 Å². The zero-order valence-electron chi connectivity index (χ0n) is 13.2. The molecule has 0 fully saturated rings. The van der Waals surface area contributed by atoms with E-state index in [1.165, 1.54) is 0 Å². The molecule has 9 heteroatoms. The highest BCUT2D eigenvalue weighted by Gasteiger charge is 2.26. The molecular weight excluding hydrogens is 299 g/mol. The predicted molar refractivity (Wildman–Crippen MR) is 76.5 cm³/mol. The first-order valence-electron chi connectivity index (χ1n) is 7.04. The third kappa shape index (κ3) is 6.77. The Labute approximate surface area is 127 Å². The molecule has 0 radical (unpaired) electrons. The van der Waals surface area contributed by atoms with Crippen LogP contribution in [0.3, 0.4) is 0 Å². The van der Waals surface area contributed by atoms with E-state index in [1.54, 1.807) is 0 Å². The number of aromatic nitrogens is 2. The van der Waals surface area contributed by atoms with Crippen LogP contribution >= 0.6 is 0 Å². The van der Waals surface area contributed by atoms with Crippen molar-refractivity contribution in [2.45, 2.75) is 52.3 Å². The van der Waals surface area contributed by atoms with Crippen LogP contribution in [0, 0.1) is 0 Å². The molecule has 22 heavy (non-hydrogen) atoms. The first kappa shape index (κ1) is 18.2. The lowest BCUT2D eigenvalue weighted by Gasteiger charge is -2.12. The molecule has 0 bridgehead atoms. The Hall–Kier alpha value is -1.80. The lowest BCUT2D eigenvalue weighted by Crippen LogP contribution is -2.38. The normalized spacial score (nSPS) is 13.3. The minimum atomic E-state index is -4.19. The van der Waals surface area contributed by atoms with Crippen LogP contribution in [0.25, 0.3) is 0 Å². The van der Waals surface area contributed by atoms with Crippen molar-refractivity contribution in [1.82, 2.24) is 20.8 Å². The number of nitrogens with one attached hydrogen (secondary N) is 2. The quantitative estimate of drug-likeness (QED) is 0.643. The Kier molecular flexibility index (Phi) is 6.19. The van der Waals surface area contributed by atoms with E-state index < -0.39 is 12.6 Å². The summed E-state index contributed by atoms with van der Waals surface area (Å²) in [7, 11) is 0. The number of hydrogen-bond acceptors (Lipinski definition) is 4. The molecule has 2 N–H and O–H groups in total. The standard InChI is InChI=1S/C13H22F3N5O/c1-5-17-11(18-7-6-13(14,15)16)19-8-9-20-10(22-21-9)12(2,3)4/h5-8H2,1-4H3,(H2,17,18,19). The average Bonchev–Trinajstić information content (AvgIpc) is 2.83. The van der Waals surface area contributed by atoms with Crippen LogP contribution in [-0.4, -0.2) is 35.4 Å². The average molecular weight is 321 g/mol. The summed E-state index contributed by atoms with van der Waals surface area (Å²) in [6, 6.07) is 0. The smallest absolute Gasteiger partial charge is 0.357 e. The first-order valence-corrected chi connectivity index (χ1v) is 7.04. The largest absolute Gasteiger partial charge is 0.390 e. The van der Waals surface area contributed by atoms with Crippen molar-refractivity contribution in [3.8, 4) is 0 Å². The summed E-state index contributed by atoms with van der Waals surface area (Å²) in [6.45, 7) is 8.07. The van der Waals surface area contributed by atoms with Gasteiger partial charge in [0.05, 0.1) is 6.42 Å². The molecule has 0 amide bonds. The molecule has 1 rings (SSSR count). The molecule has 0 atom stereocenters. The minimum absolute atomic E-state index is 0.126. The molecule has 0 aliphatic rings. The molecule has 0 unspecified atom stereocenters. The molecule has 0 aliphatic heterocycles. The number of aliphatic imine (C=N–C) groups is 1. The molecule has 6 nitrogen and oxygen atoms in total. The Morgan fingerprint density at radius 3 is 2.41 bits per heavy atom. The number of hydrogen-bond donors (Lipinski definition) is 2. The van der Waals surface area contributed by atoms with Crippen LogP contribution in [0.5, 0.6) is 0 Å². The second-order valence-electron chi connectivity index (χ2n) is 5.75. The van der Waals surface area contributed by atoms with Crippen LogP contribution in [-0.2, 0) is 12.0 Å². The number of rotatable bonds is 5. The fraction of sp³-hybridized carbons (Fsp3) is 0.769. The molecule has 1 aromatic heterocycles. The Morgan fingerprint density at radius 1 is 1.23 bits per heavy atom. The van der Waals surface area contributed by atoms with Gasteiger partial charge in [0.15, 0.2) is 11.8 Å². The van der Waals surface area contributed by atoms with Gasteiger partial charge in [-0.3, -0.25) is 0 Å². The predicted octanol–water partition coefficient (Wildman–Crippen LogP) is 2.37. The molecular formula is C13H22F3N5O. The van der Waals surface area contributed by atoms with Gasteiger partial charge in [0, 0.05) is 18.5 Å². The van der Waals surface area contributed by atoms with Gasteiger partial charge in [-0.1, -0.05) is 25.9 Å². The van der Waals surface area contributed by atoms with Crippen molar-refractivity contribution >= 4 is 5.96 Å². The Balaban J connectivity index is 2.60. The summed E-state index contributed by atoms with van der Waals surface area (Å²) in [4.78, 5) is 8.35. The molecule has 0 aliphatic carbocycles. The second kappa shape index (κ2) is 7.46. The maximum atomic E-state index is 12.1. The van der Waals surface area contributed by atoms with Gasteiger partial charge in [0.1, 0.15) is 6.54 Å². The van der Waals surface area contributed by atoms with E-state index in [0.29, 0.717) is 18.3 Å². The van der Waals surface area contributed by atoms with Crippen LogP contribution < -0.4 is 10.6 Å². The molecule has 0 saturated carbocycles. The highest BCUT2D eigenvalue weighted by atomic mass is 19.4. The first-order chi connectivity index (χ1) is 10.1. The summed E-state index contributed by atoms with van der Waals surface area (Å²) in [6.07, 6.45) is -5.12. The van der Waals surface area contributed by atoms with Crippen LogP contribution in [0.1, 0.15) is 45.8 Å². The van der Waals surface area contributed by atoms with E-state index in [2.05, 4.69) is 25.8 Å². The van der Waals surface area contributed by atoms with Gasteiger partial charge in [0.2, 0.25) is 5.89 Å². The van der Waals surface area contributed by atoms with Gasteiger partial charge in [-0.25, -0.2) is 4.99 Å². The van der Waals surface area contributed by atoms with E-state index in [-0.39, 0.29) is 24.5 Å². The molecule has 0 aromatic carbocycles. The number of halogens is 3. The monoisotopic (exact) mass is 321 g/mol. The molecule has 0 saturated heterocycles. The minimum Gasteiger partial charge on any atom is -0.357 e. The van der Waals surface area contributed by atoms with Crippen molar-refractivity contribution < 1.29 is 17.7 Å². The Morgan fingerprint density at radius 2 is 1.91 bits per heavy atom. The SMILES string of the molecule is CCNC(=NCc1noc(C(C)(C)C)n1)NCCC(F)(F)F. The van der Waals surface area contributed by atoms with Gasteiger partial charge in [-0.05, 0) is 6.92 Å². The topological polar surface area (TPSA) is 75.3 Å². The molecule has 126 valence electrons.